The number of phenols is 1. The van der Waals surface area contributed by atoms with Crippen LogP contribution in [0.4, 0.5) is 0 Å². The lowest BCUT2D eigenvalue weighted by Gasteiger charge is -2.04. The number of thioether (sulfide) groups is 1. The second-order valence-corrected chi connectivity index (χ2v) is 5.16. The molecule has 0 saturated carbocycles. The van der Waals surface area contributed by atoms with E-state index in [9.17, 15) is 9.90 Å². The number of rotatable bonds is 2. The number of aromatic hydroxyl groups is 1. The standard InChI is InChI=1S/C11H10N2O3S2/c1-16-8-4-6(2-3-7(8)14)5-9-10(15)13(12)11(17)18-9/h2-5,14H,12H2,1H3/b9-5-. The topological polar surface area (TPSA) is 75.8 Å². The Hall–Kier alpha value is -1.57. The van der Waals surface area contributed by atoms with Crippen molar-refractivity contribution >= 4 is 40.3 Å². The lowest BCUT2D eigenvalue weighted by molar-refractivity contribution is -0.122. The second-order valence-electron chi connectivity index (χ2n) is 3.48. The number of methoxy groups -OCH3 is 1. The first kappa shape index (κ1) is 12.9. The first-order valence-electron chi connectivity index (χ1n) is 4.92. The average molecular weight is 282 g/mol. The quantitative estimate of drug-likeness (QED) is 0.370. The van der Waals surface area contributed by atoms with E-state index in [1.54, 1.807) is 18.2 Å². The fraction of sp³-hybridized carbons (Fsp3) is 0.0909. The summed E-state index contributed by atoms with van der Waals surface area (Å²) in [6, 6.07) is 4.78. The molecule has 0 aliphatic carbocycles. The number of ether oxygens (including phenoxy) is 1. The van der Waals surface area contributed by atoms with Gasteiger partial charge in [-0.2, -0.15) is 0 Å². The smallest absolute Gasteiger partial charge is 0.280 e. The maximum absolute atomic E-state index is 11.7. The summed E-state index contributed by atoms with van der Waals surface area (Å²) < 4.78 is 5.30. The van der Waals surface area contributed by atoms with Crippen LogP contribution in [0.15, 0.2) is 23.1 Å². The van der Waals surface area contributed by atoms with Gasteiger partial charge in [0.15, 0.2) is 15.8 Å². The molecule has 0 aromatic heterocycles. The molecule has 0 bridgehead atoms. The van der Waals surface area contributed by atoms with Crippen molar-refractivity contribution in [2.24, 2.45) is 5.84 Å². The van der Waals surface area contributed by atoms with Gasteiger partial charge in [0.1, 0.15) is 0 Å². The maximum Gasteiger partial charge on any atom is 0.280 e. The van der Waals surface area contributed by atoms with Crippen LogP contribution in [0.25, 0.3) is 6.08 Å². The van der Waals surface area contributed by atoms with Gasteiger partial charge in [0, 0.05) is 0 Å². The van der Waals surface area contributed by atoms with Crippen LogP contribution < -0.4 is 10.6 Å². The number of hydrogen-bond donors (Lipinski definition) is 2. The fourth-order valence-electron chi connectivity index (χ4n) is 1.42. The summed E-state index contributed by atoms with van der Waals surface area (Å²) >= 11 is 6.05. The SMILES string of the molecule is COc1cc(/C=C2\SC(=S)N(N)C2=O)ccc1O. The molecule has 1 aliphatic heterocycles. The van der Waals surface area contributed by atoms with Crippen molar-refractivity contribution in [1.29, 1.82) is 0 Å². The third-order valence-corrected chi connectivity index (χ3v) is 3.66. The molecule has 0 unspecified atom stereocenters. The van der Waals surface area contributed by atoms with E-state index in [0.717, 1.165) is 22.3 Å². The molecule has 3 N–H and O–H groups in total. The van der Waals surface area contributed by atoms with Crippen LogP contribution in [-0.2, 0) is 4.79 Å². The zero-order valence-corrected chi connectivity index (χ0v) is 11.0. The van der Waals surface area contributed by atoms with E-state index >= 15 is 0 Å². The summed E-state index contributed by atoms with van der Waals surface area (Å²) in [4.78, 5) is 12.1. The third kappa shape index (κ3) is 2.33. The Kier molecular flexibility index (Phi) is 3.55. The molecule has 1 heterocycles. The molecule has 0 spiro atoms. The van der Waals surface area contributed by atoms with Crippen molar-refractivity contribution in [2.45, 2.75) is 0 Å². The van der Waals surface area contributed by atoms with E-state index in [1.165, 1.54) is 13.2 Å². The van der Waals surface area contributed by atoms with Gasteiger partial charge in [0.2, 0.25) is 0 Å². The highest BCUT2D eigenvalue weighted by atomic mass is 32.2. The molecule has 1 fully saturated rings. The molecular formula is C11H10N2O3S2. The molecular weight excluding hydrogens is 272 g/mol. The first-order chi connectivity index (χ1) is 8.52. The van der Waals surface area contributed by atoms with Gasteiger partial charge in [-0.15, -0.1) is 0 Å². The normalized spacial score (nSPS) is 17.7. The number of benzene rings is 1. The Morgan fingerprint density at radius 3 is 2.83 bits per heavy atom. The van der Waals surface area contributed by atoms with E-state index in [-0.39, 0.29) is 11.7 Å². The van der Waals surface area contributed by atoms with E-state index in [4.69, 9.17) is 22.8 Å². The van der Waals surface area contributed by atoms with E-state index in [2.05, 4.69) is 0 Å². The minimum Gasteiger partial charge on any atom is -0.504 e. The molecule has 1 saturated heterocycles. The van der Waals surface area contributed by atoms with Gasteiger partial charge in [0.05, 0.1) is 12.0 Å². The van der Waals surface area contributed by atoms with Crippen LogP contribution >= 0.6 is 24.0 Å². The van der Waals surface area contributed by atoms with Gasteiger partial charge in [-0.3, -0.25) is 4.79 Å². The highest BCUT2D eigenvalue weighted by molar-refractivity contribution is 8.26. The number of carbonyl (C=O) groups is 1. The van der Waals surface area contributed by atoms with Crippen molar-refractivity contribution in [3.05, 3.63) is 28.7 Å². The molecule has 7 heteroatoms. The highest BCUT2D eigenvalue weighted by Gasteiger charge is 2.29. The lowest BCUT2D eigenvalue weighted by Crippen LogP contribution is -2.34. The number of phenolic OH excluding ortho intramolecular Hbond substituents is 1. The molecule has 1 aromatic carbocycles. The van der Waals surface area contributed by atoms with Crippen LogP contribution in [0.5, 0.6) is 11.5 Å². The van der Waals surface area contributed by atoms with Crippen LogP contribution in [0.1, 0.15) is 5.56 Å². The molecule has 1 aromatic rings. The molecule has 0 atom stereocenters. The number of nitrogens with zero attached hydrogens (tertiary/aromatic N) is 1. The predicted molar refractivity (Wildman–Crippen MR) is 73.9 cm³/mol. The van der Waals surface area contributed by atoms with Crippen molar-refractivity contribution < 1.29 is 14.6 Å². The lowest BCUT2D eigenvalue weighted by atomic mass is 10.2. The molecule has 18 heavy (non-hydrogen) atoms. The van der Waals surface area contributed by atoms with Crippen LogP contribution in [0.2, 0.25) is 0 Å². The number of nitrogens with two attached hydrogens (primary N) is 1. The molecule has 0 radical (unpaired) electrons. The molecule has 1 amide bonds. The zero-order chi connectivity index (χ0) is 13.3. The number of carbonyl (C=O) groups excluding carboxylic acids is 1. The minimum atomic E-state index is -0.336. The van der Waals surface area contributed by atoms with Crippen molar-refractivity contribution in [3.63, 3.8) is 0 Å². The number of hydrogen-bond acceptors (Lipinski definition) is 6. The number of hydrazine groups is 1. The van der Waals surface area contributed by atoms with Gasteiger partial charge < -0.3 is 9.84 Å². The molecule has 2 rings (SSSR count). The van der Waals surface area contributed by atoms with Gasteiger partial charge in [0.25, 0.3) is 5.91 Å². The highest BCUT2D eigenvalue weighted by Crippen LogP contribution is 2.32. The summed E-state index contributed by atoms with van der Waals surface area (Å²) in [5, 5.41) is 10.4. The average Bonchev–Trinajstić information content (AvgIpc) is 2.59. The van der Waals surface area contributed by atoms with Crippen LogP contribution in [0.3, 0.4) is 0 Å². The summed E-state index contributed by atoms with van der Waals surface area (Å²) in [6.45, 7) is 0. The summed E-state index contributed by atoms with van der Waals surface area (Å²) in [6.07, 6.45) is 1.65. The molecule has 1 aliphatic rings. The van der Waals surface area contributed by atoms with Crippen LogP contribution in [-0.4, -0.2) is 27.5 Å². The Morgan fingerprint density at radius 1 is 1.56 bits per heavy atom. The van der Waals surface area contributed by atoms with Crippen molar-refractivity contribution in [3.8, 4) is 11.5 Å². The Labute approximate surface area is 113 Å². The van der Waals surface area contributed by atoms with E-state index < -0.39 is 0 Å². The Morgan fingerprint density at radius 2 is 2.28 bits per heavy atom. The minimum absolute atomic E-state index is 0.0426. The van der Waals surface area contributed by atoms with Crippen molar-refractivity contribution in [1.82, 2.24) is 5.01 Å². The summed E-state index contributed by atoms with van der Waals surface area (Å²) in [7, 11) is 1.46. The summed E-state index contributed by atoms with van der Waals surface area (Å²) in [5.41, 5.74) is 0.721. The Balaban J connectivity index is 2.34. The predicted octanol–water partition coefficient (Wildman–Crippen LogP) is 1.48. The number of thiocarbonyl (C=S) groups is 1. The van der Waals surface area contributed by atoms with Gasteiger partial charge in [-0.05, 0) is 23.8 Å². The first-order valence-corrected chi connectivity index (χ1v) is 6.15. The molecule has 94 valence electrons. The monoisotopic (exact) mass is 282 g/mol. The number of amides is 1. The third-order valence-electron chi connectivity index (χ3n) is 2.33. The van der Waals surface area contributed by atoms with Crippen LogP contribution in [0, 0.1) is 0 Å². The zero-order valence-electron chi connectivity index (χ0n) is 9.41. The van der Waals surface area contributed by atoms with Gasteiger partial charge >= 0.3 is 0 Å². The largest absolute Gasteiger partial charge is 0.504 e. The molecule has 5 nitrogen and oxygen atoms in total. The van der Waals surface area contributed by atoms with Crippen molar-refractivity contribution in [2.75, 3.05) is 7.11 Å². The Bertz CT molecular complexity index is 557. The van der Waals surface area contributed by atoms with Gasteiger partial charge in [-0.25, -0.2) is 10.9 Å². The van der Waals surface area contributed by atoms with E-state index in [0.29, 0.717) is 15.0 Å². The maximum atomic E-state index is 11.7. The fourth-order valence-corrected chi connectivity index (χ4v) is 2.52. The second kappa shape index (κ2) is 4.97. The van der Waals surface area contributed by atoms with Gasteiger partial charge in [-0.1, -0.05) is 30.0 Å². The van der Waals surface area contributed by atoms with E-state index in [1.807, 2.05) is 0 Å². The summed E-state index contributed by atoms with van der Waals surface area (Å²) in [5.74, 6) is 5.51.